The highest BCUT2D eigenvalue weighted by Crippen LogP contribution is 2.29. The summed E-state index contributed by atoms with van der Waals surface area (Å²) >= 11 is 0. The van der Waals surface area contributed by atoms with E-state index in [4.69, 9.17) is 9.47 Å². The van der Waals surface area contributed by atoms with Crippen molar-refractivity contribution in [3.05, 3.63) is 6.61 Å². The lowest BCUT2D eigenvalue weighted by Gasteiger charge is -2.35. The van der Waals surface area contributed by atoms with E-state index in [9.17, 15) is 0 Å². The van der Waals surface area contributed by atoms with Gasteiger partial charge in [0.1, 0.15) is 0 Å². The van der Waals surface area contributed by atoms with E-state index in [0.717, 1.165) is 13.2 Å². The fraction of sp³-hybridized carbons (Fsp3) is 0.875. The highest BCUT2D eigenvalue weighted by Gasteiger charge is 2.29. The van der Waals surface area contributed by atoms with Crippen molar-refractivity contribution in [1.29, 1.82) is 0 Å². The number of rotatable bonds is 1. The van der Waals surface area contributed by atoms with Gasteiger partial charge in [0, 0.05) is 19.1 Å². The minimum atomic E-state index is 0.486. The van der Waals surface area contributed by atoms with Crippen LogP contribution >= 0.6 is 0 Å². The van der Waals surface area contributed by atoms with Crippen molar-refractivity contribution < 1.29 is 9.47 Å². The van der Waals surface area contributed by atoms with Crippen LogP contribution in [0.5, 0.6) is 0 Å². The summed E-state index contributed by atoms with van der Waals surface area (Å²) in [6, 6.07) is 0. The molecule has 0 saturated carbocycles. The summed E-state index contributed by atoms with van der Waals surface area (Å²) in [5, 5.41) is 0. The molecule has 0 spiro atoms. The van der Waals surface area contributed by atoms with Gasteiger partial charge in [0.2, 0.25) is 0 Å². The van der Waals surface area contributed by atoms with Gasteiger partial charge < -0.3 is 9.47 Å². The maximum Gasteiger partial charge on any atom is 0.0893 e. The average Bonchev–Trinajstić information content (AvgIpc) is 1.86. The Bertz CT molecular complexity index is 104. The molecule has 0 N–H and O–H groups in total. The number of ether oxygens (including phenoxy) is 2. The van der Waals surface area contributed by atoms with E-state index in [0.29, 0.717) is 12.0 Å². The molecule has 0 amide bonds. The quantitative estimate of drug-likeness (QED) is 0.549. The molecule has 2 unspecified atom stereocenters. The lowest BCUT2D eigenvalue weighted by Crippen LogP contribution is -2.36. The Kier molecular flexibility index (Phi) is 1.91. The van der Waals surface area contributed by atoms with Gasteiger partial charge in [-0.05, 0) is 19.3 Å². The number of hydrogen-bond donors (Lipinski definition) is 0. The molecule has 0 aromatic heterocycles. The Hall–Kier alpha value is -0.0800. The molecule has 2 saturated heterocycles. The number of hydrogen-bond acceptors (Lipinski definition) is 2. The molecule has 0 aromatic rings. The van der Waals surface area contributed by atoms with Crippen LogP contribution in [0.4, 0.5) is 0 Å². The van der Waals surface area contributed by atoms with Crippen LogP contribution in [0.2, 0.25) is 0 Å². The first kappa shape index (κ1) is 6.62. The summed E-state index contributed by atoms with van der Waals surface area (Å²) < 4.78 is 10.6. The Morgan fingerprint density at radius 3 is 2.60 bits per heavy atom. The lowest BCUT2D eigenvalue weighted by molar-refractivity contribution is -0.0992. The van der Waals surface area contributed by atoms with Gasteiger partial charge in [0.25, 0.3) is 0 Å². The Morgan fingerprint density at radius 1 is 1.20 bits per heavy atom. The first-order chi connectivity index (χ1) is 4.97. The average molecular weight is 141 g/mol. The van der Waals surface area contributed by atoms with Gasteiger partial charge in [-0.2, -0.15) is 0 Å². The van der Waals surface area contributed by atoms with Crippen molar-refractivity contribution in [3.63, 3.8) is 0 Å². The van der Waals surface area contributed by atoms with E-state index >= 15 is 0 Å². The second-order valence-corrected chi connectivity index (χ2v) is 3.01. The molecule has 1 radical (unpaired) electrons. The Morgan fingerprint density at radius 2 is 2.10 bits per heavy atom. The summed E-state index contributed by atoms with van der Waals surface area (Å²) in [5.74, 6) is 0.586. The topological polar surface area (TPSA) is 18.5 Å². The highest BCUT2D eigenvalue weighted by atomic mass is 16.5. The fourth-order valence-corrected chi connectivity index (χ4v) is 1.53. The SMILES string of the molecule is [CH]1OCCCC1C1CCO1. The highest BCUT2D eigenvalue weighted by molar-refractivity contribution is 4.83. The second-order valence-electron chi connectivity index (χ2n) is 3.01. The van der Waals surface area contributed by atoms with Crippen LogP contribution in [-0.4, -0.2) is 19.3 Å². The summed E-state index contributed by atoms with van der Waals surface area (Å²) in [6.45, 7) is 3.82. The molecule has 2 atom stereocenters. The third-order valence-electron chi connectivity index (χ3n) is 2.28. The summed E-state index contributed by atoms with van der Waals surface area (Å²) in [6.07, 6.45) is 4.16. The summed E-state index contributed by atoms with van der Waals surface area (Å²) in [7, 11) is 0. The molecule has 2 aliphatic heterocycles. The van der Waals surface area contributed by atoms with Gasteiger partial charge in [0.05, 0.1) is 12.7 Å². The van der Waals surface area contributed by atoms with Crippen LogP contribution in [0.15, 0.2) is 0 Å². The Balaban J connectivity index is 1.78. The van der Waals surface area contributed by atoms with Crippen LogP contribution < -0.4 is 0 Å². The van der Waals surface area contributed by atoms with Crippen molar-refractivity contribution in [3.8, 4) is 0 Å². The second kappa shape index (κ2) is 2.89. The third kappa shape index (κ3) is 1.18. The van der Waals surface area contributed by atoms with Crippen LogP contribution in [0, 0.1) is 12.5 Å². The molecule has 2 heteroatoms. The standard InChI is InChI=1S/C8H13O2/c1-2-7(6-9-4-1)8-3-5-10-8/h6-8H,1-5H2. The first-order valence-electron chi connectivity index (χ1n) is 4.03. The molecule has 0 bridgehead atoms. The van der Waals surface area contributed by atoms with Crippen LogP contribution in [-0.2, 0) is 9.47 Å². The van der Waals surface area contributed by atoms with Gasteiger partial charge in [-0.3, -0.25) is 0 Å². The first-order valence-corrected chi connectivity index (χ1v) is 4.03. The van der Waals surface area contributed by atoms with Crippen LogP contribution in [0.25, 0.3) is 0 Å². The van der Waals surface area contributed by atoms with Gasteiger partial charge in [-0.1, -0.05) is 0 Å². The van der Waals surface area contributed by atoms with Crippen LogP contribution in [0.3, 0.4) is 0 Å². The molecular formula is C8H13O2. The van der Waals surface area contributed by atoms with Crippen molar-refractivity contribution in [2.24, 2.45) is 5.92 Å². The predicted molar refractivity (Wildman–Crippen MR) is 37.3 cm³/mol. The zero-order valence-corrected chi connectivity index (χ0v) is 6.08. The molecule has 10 heavy (non-hydrogen) atoms. The fourth-order valence-electron chi connectivity index (χ4n) is 1.53. The molecule has 57 valence electrons. The largest absolute Gasteiger partial charge is 0.378 e. The minimum absolute atomic E-state index is 0.486. The van der Waals surface area contributed by atoms with E-state index < -0.39 is 0 Å². The van der Waals surface area contributed by atoms with Gasteiger partial charge in [0.15, 0.2) is 0 Å². The molecule has 2 heterocycles. The Labute approximate surface area is 61.5 Å². The predicted octanol–water partition coefficient (Wildman–Crippen LogP) is 1.36. The zero-order valence-electron chi connectivity index (χ0n) is 6.08. The minimum Gasteiger partial charge on any atom is -0.378 e. The molecular weight excluding hydrogens is 128 g/mol. The maximum absolute atomic E-state index is 5.36. The smallest absolute Gasteiger partial charge is 0.0893 e. The van der Waals surface area contributed by atoms with E-state index in [2.05, 4.69) is 0 Å². The van der Waals surface area contributed by atoms with Crippen molar-refractivity contribution in [1.82, 2.24) is 0 Å². The summed E-state index contributed by atoms with van der Waals surface area (Å²) in [5.41, 5.74) is 0. The molecule has 0 aromatic carbocycles. The van der Waals surface area contributed by atoms with E-state index in [1.807, 2.05) is 6.61 Å². The monoisotopic (exact) mass is 141 g/mol. The van der Waals surface area contributed by atoms with Gasteiger partial charge in [-0.15, -0.1) is 0 Å². The molecule has 0 aliphatic carbocycles. The van der Waals surface area contributed by atoms with Gasteiger partial charge >= 0.3 is 0 Å². The molecule has 2 rings (SSSR count). The summed E-state index contributed by atoms with van der Waals surface area (Å²) in [4.78, 5) is 0. The molecule has 2 fully saturated rings. The van der Waals surface area contributed by atoms with E-state index in [-0.39, 0.29) is 0 Å². The third-order valence-corrected chi connectivity index (χ3v) is 2.28. The van der Waals surface area contributed by atoms with E-state index in [1.165, 1.54) is 19.3 Å². The van der Waals surface area contributed by atoms with Gasteiger partial charge in [-0.25, -0.2) is 0 Å². The zero-order chi connectivity index (χ0) is 6.81. The molecule has 2 nitrogen and oxygen atoms in total. The lowest BCUT2D eigenvalue weighted by atomic mass is 9.92. The molecule has 2 aliphatic rings. The van der Waals surface area contributed by atoms with Crippen molar-refractivity contribution in [2.45, 2.75) is 25.4 Å². The van der Waals surface area contributed by atoms with Crippen LogP contribution in [0.1, 0.15) is 19.3 Å². The van der Waals surface area contributed by atoms with E-state index in [1.54, 1.807) is 0 Å². The van der Waals surface area contributed by atoms with Crippen molar-refractivity contribution >= 4 is 0 Å². The van der Waals surface area contributed by atoms with Crippen molar-refractivity contribution in [2.75, 3.05) is 13.2 Å². The maximum atomic E-state index is 5.36. The normalized spacial score (nSPS) is 40.8.